The first-order chi connectivity index (χ1) is 6.70. The van der Waals surface area contributed by atoms with Crippen LogP contribution in [0.2, 0.25) is 10.0 Å². The van der Waals surface area contributed by atoms with Crippen molar-refractivity contribution in [1.29, 1.82) is 0 Å². The summed E-state index contributed by atoms with van der Waals surface area (Å²) in [5.41, 5.74) is 1.08. The largest absolute Gasteiger partial charge is 0.490 e. The van der Waals surface area contributed by atoms with Crippen LogP contribution in [0.5, 0.6) is 5.75 Å². The van der Waals surface area contributed by atoms with Crippen LogP contribution in [0.25, 0.3) is 0 Å². The molecule has 1 aliphatic heterocycles. The van der Waals surface area contributed by atoms with E-state index in [0.717, 1.165) is 17.7 Å². The lowest BCUT2D eigenvalue weighted by molar-refractivity contribution is 0.246. The fraction of sp³-hybridized carbons (Fsp3) is 0.400. The first-order valence-corrected chi connectivity index (χ1v) is 5.24. The van der Waals surface area contributed by atoms with Crippen LogP contribution in [-0.2, 0) is 6.42 Å². The van der Waals surface area contributed by atoms with Crippen molar-refractivity contribution in [2.45, 2.75) is 12.5 Å². The van der Waals surface area contributed by atoms with Gasteiger partial charge in [-0.2, -0.15) is 0 Å². The maximum atomic E-state index is 6.01. The summed E-state index contributed by atoms with van der Waals surface area (Å²) in [6.45, 7) is 0.658. The van der Waals surface area contributed by atoms with Crippen LogP contribution in [0.3, 0.4) is 0 Å². The summed E-state index contributed by atoms with van der Waals surface area (Å²) < 4.78 is 5.56. The fourth-order valence-corrected chi connectivity index (χ4v) is 2.21. The highest BCUT2D eigenvalue weighted by Crippen LogP contribution is 2.35. The van der Waals surface area contributed by atoms with Gasteiger partial charge < -0.3 is 10.1 Å². The van der Waals surface area contributed by atoms with Gasteiger partial charge >= 0.3 is 0 Å². The Morgan fingerprint density at radius 3 is 2.93 bits per heavy atom. The quantitative estimate of drug-likeness (QED) is 0.803. The number of ether oxygens (including phenoxy) is 1. The summed E-state index contributed by atoms with van der Waals surface area (Å²) in [5, 5.41) is 4.43. The van der Waals surface area contributed by atoms with Gasteiger partial charge in [0, 0.05) is 11.1 Å². The van der Waals surface area contributed by atoms with Crippen molar-refractivity contribution in [2.75, 3.05) is 13.7 Å². The second-order valence-electron chi connectivity index (χ2n) is 3.38. The lowest BCUT2D eigenvalue weighted by Gasteiger charge is -2.25. The van der Waals surface area contributed by atoms with Crippen molar-refractivity contribution in [3.05, 3.63) is 27.7 Å². The Morgan fingerprint density at radius 2 is 2.21 bits per heavy atom. The van der Waals surface area contributed by atoms with Crippen LogP contribution >= 0.6 is 23.2 Å². The standard InChI is InChI=1S/C10H11Cl2NO/c1-13-8-3-6-2-7(11)4-9(12)10(6)14-5-8/h2,4,8,13H,3,5H2,1H3/t8-/m0/s1. The highest BCUT2D eigenvalue weighted by atomic mass is 35.5. The van der Waals surface area contributed by atoms with Crippen molar-refractivity contribution >= 4 is 23.2 Å². The predicted octanol–water partition coefficient (Wildman–Crippen LogP) is 2.52. The first-order valence-electron chi connectivity index (χ1n) is 4.48. The summed E-state index contributed by atoms with van der Waals surface area (Å²) in [7, 11) is 1.92. The van der Waals surface area contributed by atoms with Crippen molar-refractivity contribution in [1.82, 2.24) is 5.32 Å². The van der Waals surface area contributed by atoms with Gasteiger partial charge in [0.1, 0.15) is 12.4 Å². The van der Waals surface area contributed by atoms with E-state index in [9.17, 15) is 0 Å². The zero-order valence-electron chi connectivity index (χ0n) is 7.81. The molecule has 4 heteroatoms. The van der Waals surface area contributed by atoms with Gasteiger partial charge in [0.2, 0.25) is 0 Å². The smallest absolute Gasteiger partial charge is 0.141 e. The van der Waals surface area contributed by atoms with Gasteiger partial charge in [-0.25, -0.2) is 0 Å². The third-order valence-electron chi connectivity index (χ3n) is 2.39. The second kappa shape index (κ2) is 3.97. The molecular weight excluding hydrogens is 221 g/mol. The molecule has 2 nitrogen and oxygen atoms in total. The van der Waals surface area contributed by atoms with E-state index in [1.165, 1.54) is 0 Å². The molecule has 1 heterocycles. The van der Waals surface area contributed by atoms with Crippen molar-refractivity contribution < 1.29 is 4.74 Å². The maximum absolute atomic E-state index is 6.01. The Balaban J connectivity index is 2.37. The number of benzene rings is 1. The zero-order valence-corrected chi connectivity index (χ0v) is 9.32. The van der Waals surface area contributed by atoms with Crippen molar-refractivity contribution in [3.63, 3.8) is 0 Å². The normalized spacial score (nSPS) is 20.1. The first kappa shape index (κ1) is 10.1. The highest BCUT2D eigenvalue weighted by molar-refractivity contribution is 6.35. The van der Waals surface area contributed by atoms with Crippen LogP contribution in [-0.4, -0.2) is 19.7 Å². The Hall–Kier alpha value is -0.440. The molecule has 0 unspecified atom stereocenters. The molecule has 0 amide bonds. The maximum Gasteiger partial charge on any atom is 0.141 e. The van der Waals surface area contributed by atoms with Crippen molar-refractivity contribution in [2.24, 2.45) is 0 Å². The molecule has 1 atom stereocenters. The Labute approximate surface area is 93.2 Å². The van der Waals surface area contributed by atoms with Gasteiger partial charge in [-0.15, -0.1) is 0 Å². The van der Waals surface area contributed by atoms with Gasteiger partial charge in [-0.1, -0.05) is 23.2 Å². The Morgan fingerprint density at radius 1 is 1.43 bits per heavy atom. The molecule has 0 aliphatic carbocycles. The zero-order chi connectivity index (χ0) is 10.1. The molecule has 0 fully saturated rings. The predicted molar refractivity (Wildman–Crippen MR) is 58.5 cm³/mol. The molecule has 2 rings (SSSR count). The van der Waals surface area contributed by atoms with Gasteiger partial charge in [0.25, 0.3) is 0 Å². The third kappa shape index (κ3) is 1.83. The lowest BCUT2D eigenvalue weighted by Crippen LogP contribution is -2.36. The van der Waals surface area contributed by atoms with E-state index in [1.807, 2.05) is 13.1 Å². The number of fused-ring (bicyclic) bond motifs is 1. The molecule has 14 heavy (non-hydrogen) atoms. The number of rotatable bonds is 1. The summed E-state index contributed by atoms with van der Waals surface area (Å²) in [6.07, 6.45) is 0.909. The molecule has 0 aromatic heterocycles. The molecule has 1 aromatic carbocycles. The van der Waals surface area contributed by atoms with Crippen LogP contribution in [0.15, 0.2) is 12.1 Å². The Kier molecular flexibility index (Phi) is 2.86. The van der Waals surface area contributed by atoms with E-state index in [2.05, 4.69) is 5.32 Å². The van der Waals surface area contributed by atoms with Crippen molar-refractivity contribution in [3.8, 4) is 5.75 Å². The average Bonchev–Trinajstić information content (AvgIpc) is 2.16. The molecule has 1 aliphatic rings. The highest BCUT2D eigenvalue weighted by Gasteiger charge is 2.21. The minimum absolute atomic E-state index is 0.344. The number of hydrogen-bond acceptors (Lipinski definition) is 2. The van der Waals surface area contributed by atoms with Crippen LogP contribution in [0.1, 0.15) is 5.56 Å². The molecule has 1 aromatic rings. The number of hydrogen-bond donors (Lipinski definition) is 1. The van der Waals surface area contributed by atoms with E-state index in [0.29, 0.717) is 22.7 Å². The van der Waals surface area contributed by atoms with E-state index >= 15 is 0 Å². The van der Waals surface area contributed by atoms with E-state index in [1.54, 1.807) is 6.07 Å². The molecule has 0 spiro atoms. The van der Waals surface area contributed by atoms with E-state index in [-0.39, 0.29) is 0 Å². The van der Waals surface area contributed by atoms with E-state index < -0.39 is 0 Å². The molecular formula is C10H11Cl2NO. The summed E-state index contributed by atoms with van der Waals surface area (Å²) in [5.74, 6) is 0.780. The van der Waals surface area contributed by atoms with Gasteiger partial charge in [-0.3, -0.25) is 0 Å². The molecule has 0 bridgehead atoms. The van der Waals surface area contributed by atoms with E-state index in [4.69, 9.17) is 27.9 Å². The van der Waals surface area contributed by atoms with Crippen LogP contribution < -0.4 is 10.1 Å². The molecule has 1 N–H and O–H groups in total. The average molecular weight is 232 g/mol. The summed E-state index contributed by atoms with van der Waals surface area (Å²) in [6, 6.07) is 3.96. The minimum atomic E-state index is 0.344. The number of likely N-dealkylation sites (N-methyl/N-ethyl adjacent to an activating group) is 1. The Bertz CT molecular complexity index is 354. The third-order valence-corrected chi connectivity index (χ3v) is 2.89. The molecule has 0 radical (unpaired) electrons. The summed E-state index contributed by atoms with van der Waals surface area (Å²) in [4.78, 5) is 0. The van der Waals surface area contributed by atoms with Gasteiger partial charge in [-0.05, 0) is 31.2 Å². The number of halogens is 2. The fourth-order valence-electron chi connectivity index (χ4n) is 1.62. The topological polar surface area (TPSA) is 21.3 Å². The molecule has 76 valence electrons. The lowest BCUT2D eigenvalue weighted by atomic mass is 10.0. The number of nitrogens with one attached hydrogen (secondary N) is 1. The van der Waals surface area contributed by atoms with Gasteiger partial charge in [0.05, 0.1) is 5.02 Å². The minimum Gasteiger partial charge on any atom is -0.490 e. The molecule has 0 saturated carbocycles. The molecule has 0 saturated heterocycles. The monoisotopic (exact) mass is 231 g/mol. The van der Waals surface area contributed by atoms with Crippen LogP contribution in [0.4, 0.5) is 0 Å². The van der Waals surface area contributed by atoms with Crippen LogP contribution in [0, 0.1) is 0 Å². The second-order valence-corrected chi connectivity index (χ2v) is 4.22. The SMILES string of the molecule is CN[C@@H]1COc2c(Cl)cc(Cl)cc2C1. The van der Waals surface area contributed by atoms with Gasteiger partial charge in [0.15, 0.2) is 0 Å². The summed E-state index contributed by atoms with van der Waals surface area (Å²) >= 11 is 11.9.